The molecule has 5 heteroatoms. The molecule has 134 valence electrons. The average Bonchev–Trinajstić information content (AvgIpc) is 3.02. The first-order valence-corrected chi connectivity index (χ1v) is 9.17. The van der Waals surface area contributed by atoms with E-state index in [4.69, 9.17) is 0 Å². The highest BCUT2D eigenvalue weighted by Gasteiger charge is 2.18. The van der Waals surface area contributed by atoms with Crippen molar-refractivity contribution in [3.63, 3.8) is 0 Å². The van der Waals surface area contributed by atoms with Gasteiger partial charge in [-0.2, -0.15) is 0 Å². The lowest BCUT2D eigenvalue weighted by atomic mass is 9.99. The molecule has 3 rings (SSSR count). The molecule has 0 spiro atoms. The first kappa shape index (κ1) is 17.5. The molecule has 1 aromatic carbocycles. The van der Waals surface area contributed by atoms with Crippen LogP contribution in [-0.2, 0) is 13.1 Å². The molecule has 0 unspecified atom stereocenters. The summed E-state index contributed by atoms with van der Waals surface area (Å²) in [6.07, 6.45) is 6.38. The largest absolute Gasteiger partial charge is 0.352 e. The van der Waals surface area contributed by atoms with Crippen LogP contribution >= 0.6 is 0 Å². The molecule has 1 aliphatic rings. The van der Waals surface area contributed by atoms with Crippen LogP contribution in [0.3, 0.4) is 0 Å². The van der Waals surface area contributed by atoms with Gasteiger partial charge in [0.1, 0.15) is 5.82 Å². The smallest absolute Gasteiger partial charge is 0.193 e. The summed E-state index contributed by atoms with van der Waals surface area (Å²) < 4.78 is 2.17. The third-order valence-corrected chi connectivity index (χ3v) is 5.01. The number of aromatic nitrogens is 2. The van der Waals surface area contributed by atoms with E-state index in [0.717, 1.165) is 43.9 Å². The molecule has 1 N–H and O–H groups in total. The Balaban J connectivity index is 1.59. The minimum atomic E-state index is 0.801. The van der Waals surface area contributed by atoms with Crippen molar-refractivity contribution in [1.29, 1.82) is 0 Å². The Kier molecular flexibility index (Phi) is 5.74. The fourth-order valence-corrected chi connectivity index (χ4v) is 3.34. The zero-order valence-electron chi connectivity index (χ0n) is 15.6. The van der Waals surface area contributed by atoms with Gasteiger partial charge in [-0.15, -0.1) is 0 Å². The third kappa shape index (κ3) is 4.62. The zero-order valence-corrected chi connectivity index (χ0v) is 15.6. The molecule has 2 heterocycles. The average molecular weight is 339 g/mol. The summed E-state index contributed by atoms with van der Waals surface area (Å²) in [7, 11) is 1.87. The summed E-state index contributed by atoms with van der Waals surface area (Å²) in [5.41, 5.74) is 2.57. The maximum atomic E-state index is 4.47. The minimum absolute atomic E-state index is 0.801. The van der Waals surface area contributed by atoms with E-state index in [-0.39, 0.29) is 0 Å². The fourth-order valence-electron chi connectivity index (χ4n) is 3.34. The van der Waals surface area contributed by atoms with Crippen molar-refractivity contribution < 1.29 is 0 Å². The number of hydrogen-bond acceptors (Lipinski definition) is 2. The summed E-state index contributed by atoms with van der Waals surface area (Å²) in [6.45, 7) is 8.23. The summed E-state index contributed by atoms with van der Waals surface area (Å²) in [5.74, 6) is 2.89. The maximum Gasteiger partial charge on any atom is 0.193 e. The third-order valence-electron chi connectivity index (χ3n) is 5.01. The number of aryl methyl sites for hydroxylation is 1. The molecule has 1 saturated heterocycles. The molecule has 0 atom stereocenters. The van der Waals surface area contributed by atoms with E-state index in [2.05, 4.69) is 55.9 Å². The van der Waals surface area contributed by atoms with Crippen LogP contribution in [-0.4, -0.2) is 40.5 Å². The van der Waals surface area contributed by atoms with Crippen LogP contribution < -0.4 is 5.32 Å². The molecule has 5 nitrogen and oxygen atoms in total. The second-order valence-corrected chi connectivity index (χ2v) is 6.99. The topological polar surface area (TPSA) is 45.5 Å². The zero-order chi connectivity index (χ0) is 17.6. The van der Waals surface area contributed by atoms with Crippen LogP contribution in [0.25, 0.3) is 0 Å². The monoisotopic (exact) mass is 339 g/mol. The molecule has 0 bridgehead atoms. The van der Waals surface area contributed by atoms with E-state index in [1.807, 2.05) is 26.4 Å². The first-order valence-electron chi connectivity index (χ1n) is 9.17. The Morgan fingerprint density at radius 1 is 1.28 bits per heavy atom. The molecule has 0 aliphatic carbocycles. The first-order chi connectivity index (χ1) is 12.2. The summed E-state index contributed by atoms with van der Waals surface area (Å²) in [5, 5.41) is 3.52. The molecule has 0 saturated carbocycles. The molecule has 0 amide bonds. The number of likely N-dealkylation sites (tertiary alicyclic amines) is 1. The van der Waals surface area contributed by atoms with Crippen molar-refractivity contribution in [2.45, 2.75) is 39.8 Å². The van der Waals surface area contributed by atoms with Crippen LogP contribution in [0.5, 0.6) is 0 Å². The van der Waals surface area contributed by atoms with Crippen LogP contribution in [0.4, 0.5) is 0 Å². The van der Waals surface area contributed by atoms with Gasteiger partial charge in [-0.25, -0.2) is 4.98 Å². The fraction of sp³-hybridized carbons (Fsp3) is 0.500. The van der Waals surface area contributed by atoms with E-state index >= 15 is 0 Å². The van der Waals surface area contributed by atoms with Crippen LogP contribution in [0.15, 0.2) is 41.7 Å². The number of piperidine rings is 1. The summed E-state index contributed by atoms with van der Waals surface area (Å²) in [4.78, 5) is 11.1. The van der Waals surface area contributed by atoms with Gasteiger partial charge in [0.25, 0.3) is 0 Å². The summed E-state index contributed by atoms with van der Waals surface area (Å²) >= 11 is 0. The Hall–Kier alpha value is -2.30. The van der Waals surface area contributed by atoms with Gasteiger partial charge in [-0.1, -0.05) is 31.2 Å². The number of imidazole rings is 1. The number of hydrogen-bond donors (Lipinski definition) is 1. The molecule has 1 aliphatic heterocycles. The van der Waals surface area contributed by atoms with Gasteiger partial charge >= 0.3 is 0 Å². The lowest BCUT2D eigenvalue weighted by Crippen LogP contribution is -2.45. The van der Waals surface area contributed by atoms with E-state index in [0.29, 0.717) is 0 Å². The molecule has 1 fully saturated rings. The Morgan fingerprint density at radius 2 is 2.04 bits per heavy atom. The number of aliphatic imine (C=N–C) groups is 1. The number of nitrogens with one attached hydrogen (secondary N) is 1. The SMILES string of the molecule is CN=C(NCc1cccc(Cn2ccnc2C)c1)N1CCC(C)CC1. The van der Waals surface area contributed by atoms with Gasteiger partial charge in [-0.05, 0) is 36.8 Å². The van der Waals surface area contributed by atoms with Crippen molar-refractivity contribution in [1.82, 2.24) is 19.8 Å². The molecule has 2 aromatic rings. The minimum Gasteiger partial charge on any atom is -0.352 e. The van der Waals surface area contributed by atoms with Crippen molar-refractivity contribution >= 4 is 5.96 Å². The van der Waals surface area contributed by atoms with Crippen molar-refractivity contribution in [3.8, 4) is 0 Å². The number of guanidine groups is 1. The standard InChI is InChI=1S/C20H29N5/c1-16-7-10-24(11-8-16)20(21-3)23-14-18-5-4-6-19(13-18)15-25-12-9-22-17(25)2/h4-6,9,12-13,16H,7-8,10-11,14-15H2,1-3H3,(H,21,23). The summed E-state index contributed by atoms with van der Waals surface area (Å²) in [6, 6.07) is 8.73. The number of nitrogens with zero attached hydrogens (tertiary/aromatic N) is 4. The predicted molar refractivity (Wildman–Crippen MR) is 103 cm³/mol. The Labute approximate surface area is 150 Å². The van der Waals surface area contributed by atoms with Gasteiger partial charge in [0.05, 0.1) is 0 Å². The van der Waals surface area contributed by atoms with E-state index in [1.165, 1.54) is 24.0 Å². The van der Waals surface area contributed by atoms with Gasteiger partial charge in [0.15, 0.2) is 5.96 Å². The van der Waals surface area contributed by atoms with Gasteiger partial charge < -0.3 is 14.8 Å². The Morgan fingerprint density at radius 3 is 2.72 bits per heavy atom. The highest BCUT2D eigenvalue weighted by molar-refractivity contribution is 5.79. The Bertz CT molecular complexity index is 710. The van der Waals surface area contributed by atoms with E-state index in [1.54, 1.807) is 0 Å². The molecule has 1 aromatic heterocycles. The quantitative estimate of drug-likeness (QED) is 0.688. The van der Waals surface area contributed by atoms with Gasteiger partial charge in [-0.3, -0.25) is 4.99 Å². The van der Waals surface area contributed by atoms with Crippen LogP contribution in [0.1, 0.15) is 36.7 Å². The number of rotatable bonds is 4. The van der Waals surface area contributed by atoms with Crippen molar-refractivity contribution in [3.05, 3.63) is 53.6 Å². The van der Waals surface area contributed by atoms with Crippen LogP contribution in [0, 0.1) is 12.8 Å². The van der Waals surface area contributed by atoms with Gasteiger partial charge in [0, 0.05) is 45.6 Å². The van der Waals surface area contributed by atoms with Crippen LogP contribution in [0.2, 0.25) is 0 Å². The van der Waals surface area contributed by atoms with Crippen molar-refractivity contribution in [2.24, 2.45) is 10.9 Å². The lowest BCUT2D eigenvalue weighted by Gasteiger charge is -2.33. The lowest BCUT2D eigenvalue weighted by molar-refractivity contribution is 0.273. The maximum absolute atomic E-state index is 4.47. The second kappa shape index (κ2) is 8.19. The molecular formula is C20H29N5. The highest BCUT2D eigenvalue weighted by atomic mass is 15.3. The molecule has 0 radical (unpaired) electrons. The molecular weight excluding hydrogens is 310 g/mol. The van der Waals surface area contributed by atoms with E-state index in [9.17, 15) is 0 Å². The van der Waals surface area contributed by atoms with Crippen molar-refractivity contribution in [2.75, 3.05) is 20.1 Å². The highest BCUT2D eigenvalue weighted by Crippen LogP contribution is 2.16. The number of benzene rings is 1. The normalized spacial score (nSPS) is 16.3. The van der Waals surface area contributed by atoms with E-state index < -0.39 is 0 Å². The predicted octanol–water partition coefficient (Wildman–Crippen LogP) is 3.05. The second-order valence-electron chi connectivity index (χ2n) is 6.99. The van der Waals surface area contributed by atoms with Gasteiger partial charge in [0.2, 0.25) is 0 Å². The molecule has 25 heavy (non-hydrogen) atoms.